The van der Waals surface area contributed by atoms with Crippen LogP contribution in [-0.2, 0) is 20.7 Å². The third-order valence-electron chi connectivity index (χ3n) is 4.65. The van der Waals surface area contributed by atoms with Crippen LogP contribution in [0.15, 0.2) is 35.7 Å². The quantitative estimate of drug-likeness (QED) is 0.753. The van der Waals surface area contributed by atoms with Gasteiger partial charge in [0.15, 0.2) is 6.10 Å². The van der Waals surface area contributed by atoms with E-state index in [0.717, 1.165) is 36.5 Å². The lowest BCUT2D eigenvalue weighted by Crippen LogP contribution is -2.44. The first-order chi connectivity index (χ1) is 12.5. The molecule has 0 bridgehead atoms. The van der Waals surface area contributed by atoms with Gasteiger partial charge in [-0.1, -0.05) is 37.3 Å². The van der Waals surface area contributed by atoms with Crippen LogP contribution >= 0.6 is 11.3 Å². The SMILES string of the molecule is CC1CCN(C(=O)C(C)OC(=O)Cc2csc(-c3ccccc3)n2)CC1. The highest BCUT2D eigenvalue weighted by atomic mass is 32.1. The molecule has 2 heterocycles. The first kappa shape index (κ1) is 18.6. The van der Waals surface area contributed by atoms with Crippen molar-refractivity contribution in [3.8, 4) is 10.6 Å². The van der Waals surface area contributed by atoms with Gasteiger partial charge in [0, 0.05) is 24.0 Å². The number of benzene rings is 1. The van der Waals surface area contributed by atoms with Crippen LogP contribution in [0.4, 0.5) is 0 Å². The normalized spacial score (nSPS) is 16.3. The maximum atomic E-state index is 12.4. The summed E-state index contributed by atoms with van der Waals surface area (Å²) in [5.41, 5.74) is 1.70. The van der Waals surface area contributed by atoms with Crippen LogP contribution in [-0.4, -0.2) is 41.0 Å². The van der Waals surface area contributed by atoms with Crippen molar-refractivity contribution in [3.63, 3.8) is 0 Å². The number of carbonyl (C=O) groups excluding carboxylic acids is 2. The Kier molecular flexibility index (Phi) is 6.04. The third kappa shape index (κ3) is 4.69. The van der Waals surface area contributed by atoms with Gasteiger partial charge < -0.3 is 9.64 Å². The number of amides is 1. The molecule has 1 unspecified atom stereocenters. The van der Waals surface area contributed by atoms with E-state index < -0.39 is 12.1 Å². The number of esters is 1. The van der Waals surface area contributed by atoms with E-state index in [2.05, 4.69) is 11.9 Å². The Balaban J connectivity index is 1.52. The summed E-state index contributed by atoms with van der Waals surface area (Å²) in [7, 11) is 0. The predicted octanol–water partition coefficient (Wildman–Crippen LogP) is 3.54. The minimum absolute atomic E-state index is 0.0813. The van der Waals surface area contributed by atoms with Gasteiger partial charge in [-0.15, -0.1) is 11.3 Å². The first-order valence-electron chi connectivity index (χ1n) is 9.01. The molecule has 26 heavy (non-hydrogen) atoms. The molecule has 1 fully saturated rings. The number of nitrogens with zero attached hydrogens (tertiary/aromatic N) is 2. The molecule has 1 aliphatic heterocycles. The second kappa shape index (κ2) is 8.45. The molecule has 0 spiro atoms. The number of hydrogen-bond donors (Lipinski definition) is 0. The lowest BCUT2D eigenvalue weighted by atomic mass is 9.99. The highest BCUT2D eigenvalue weighted by molar-refractivity contribution is 7.13. The first-order valence-corrected chi connectivity index (χ1v) is 9.89. The Morgan fingerprint density at radius 3 is 2.65 bits per heavy atom. The van der Waals surface area contributed by atoms with Crippen LogP contribution < -0.4 is 0 Å². The van der Waals surface area contributed by atoms with Gasteiger partial charge in [-0.25, -0.2) is 4.98 Å². The molecule has 1 aromatic heterocycles. The smallest absolute Gasteiger partial charge is 0.312 e. The number of hydrogen-bond acceptors (Lipinski definition) is 5. The molecule has 1 atom stereocenters. The van der Waals surface area contributed by atoms with Gasteiger partial charge in [0.2, 0.25) is 0 Å². The highest BCUT2D eigenvalue weighted by Gasteiger charge is 2.27. The number of thiazole rings is 1. The van der Waals surface area contributed by atoms with Crippen molar-refractivity contribution in [2.75, 3.05) is 13.1 Å². The van der Waals surface area contributed by atoms with Crippen molar-refractivity contribution in [1.82, 2.24) is 9.88 Å². The maximum Gasteiger partial charge on any atom is 0.312 e. The molecule has 1 saturated heterocycles. The molecular formula is C20H24N2O3S. The van der Waals surface area contributed by atoms with Gasteiger partial charge in [-0.2, -0.15) is 0 Å². The fourth-order valence-electron chi connectivity index (χ4n) is 3.02. The zero-order chi connectivity index (χ0) is 18.5. The van der Waals surface area contributed by atoms with Crippen molar-refractivity contribution in [2.24, 2.45) is 5.92 Å². The molecule has 138 valence electrons. The molecule has 1 amide bonds. The van der Waals surface area contributed by atoms with Crippen molar-refractivity contribution >= 4 is 23.2 Å². The molecule has 5 nitrogen and oxygen atoms in total. The molecular weight excluding hydrogens is 348 g/mol. The van der Waals surface area contributed by atoms with E-state index in [1.54, 1.807) is 11.8 Å². The zero-order valence-corrected chi connectivity index (χ0v) is 16.0. The van der Waals surface area contributed by atoms with Crippen LogP contribution in [0.3, 0.4) is 0 Å². The molecule has 2 aromatic rings. The predicted molar refractivity (Wildman–Crippen MR) is 102 cm³/mol. The molecule has 0 saturated carbocycles. The van der Waals surface area contributed by atoms with E-state index in [-0.39, 0.29) is 12.3 Å². The minimum atomic E-state index is -0.747. The summed E-state index contributed by atoms with van der Waals surface area (Å²) in [6, 6.07) is 9.84. The summed E-state index contributed by atoms with van der Waals surface area (Å²) in [6.45, 7) is 5.33. The summed E-state index contributed by atoms with van der Waals surface area (Å²) in [5.74, 6) is 0.134. The summed E-state index contributed by atoms with van der Waals surface area (Å²) >= 11 is 1.50. The van der Waals surface area contributed by atoms with E-state index in [4.69, 9.17) is 4.74 Å². The van der Waals surface area contributed by atoms with Crippen LogP contribution in [0, 0.1) is 5.92 Å². The van der Waals surface area contributed by atoms with E-state index in [0.29, 0.717) is 11.6 Å². The second-order valence-electron chi connectivity index (χ2n) is 6.83. The van der Waals surface area contributed by atoms with E-state index in [1.807, 2.05) is 35.7 Å². The molecule has 0 N–H and O–H groups in total. The number of piperidine rings is 1. The number of rotatable bonds is 5. The largest absolute Gasteiger partial charge is 0.452 e. The number of carbonyl (C=O) groups is 2. The zero-order valence-electron chi connectivity index (χ0n) is 15.2. The van der Waals surface area contributed by atoms with Gasteiger partial charge >= 0.3 is 5.97 Å². The lowest BCUT2D eigenvalue weighted by Gasteiger charge is -2.31. The molecule has 0 radical (unpaired) electrons. The van der Waals surface area contributed by atoms with Gasteiger partial charge in [-0.05, 0) is 25.7 Å². The van der Waals surface area contributed by atoms with Crippen molar-refractivity contribution in [2.45, 2.75) is 39.2 Å². The summed E-state index contributed by atoms with van der Waals surface area (Å²) in [6.07, 6.45) is 1.35. The van der Waals surface area contributed by atoms with Crippen molar-refractivity contribution in [1.29, 1.82) is 0 Å². The summed E-state index contributed by atoms with van der Waals surface area (Å²) < 4.78 is 5.35. The van der Waals surface area contributed by atoms with Gasteiger partial charge in [0.25, 0.3) is 5.91 Å². The minimum Gasteiger partial charge on any atom is -0.452 e. The Bertz CT molecular complexity index is 751. The fourth-order valence-corrected chi connectivity index (χ4v) is 3.85. The summed E-state index contributed by atoms with van der Waals surface area (Å²) in [5, 5.41) is 2.74. The van der Waals surface area contributed by atoms with Crippen LogP contribution in [0.25, 0.3) is 10.6 Å². The number of likely N-dealkylation sites (tertiary alicyclic amines) is 1. The van der Waals surface area contributed by atoms with Gasteiger partial charge in [0.1, 0.15) is 5.01 Å². The van der Waals surface area contributed by atoms with Crippen LogP contribution in [0.1, 0.15) is 32.4 Å². The van der Waals surface area contributed by atoms with Gasteiger partial charge in [-0.3, -0.25) is 9.59 Å². The van der Waals surface area contributed by atoms with Crippen molar-refractivity contribution < 1.29 is 14.3 Å². The molecule has 3 rings (SSSR count). The van der Waals surface area contributed by atoms with Crippen molar-refractivity contribution in [3.05, 3.63) is 41.4 Å². The van der Waals surface area contributed by atoms with Gasteiger partial charge in [0.05, 0.1) is 12.1 Å². The molecule has 1 aliphatic rings. The maximum absolute atomic E-state index is 12.4. The average Bonchev–Trinajstić information content (AvgIpc) is 3.10. The highest BCUT2D eigenvalue weighted by Crippen LogP contribution is 2.23. The van der Waals surface area contributed by atoms with Crippen LogP contribution in [0.5, 0.6) is 0 Å². The third-order valence-corrected chi connectivity index (χ3v) is 5.59. The Morgan fingerprint density at radius 2 is 1.96 bits per heavy atom. The second-order valence-corrected chi connectivity index (χ2v) is 7.68. The Morgan fingerprint density at radius 1 is 1.27 bits per heavy atom. The number of ether oxygens (including phenoxy) is 1. The Hall–Kier alpha value is -2.21. The van der Waals surface area contributed by atoms with Crippen LogP contribution in [0.2, 0.25) is 0 Å². The number of aromatic nitrogens is 1. The molecule has 0 aliphatic carbocycles. The van der Waals surface area contributed by atoms with E-state index in [1.165, 1.54) is 11.3 Å². The summed E-state index contributed by atoms with van der Waals surface area (Å²) in [4.78, 5) is 30.9. The monoisotopic (exact) mass is 372 g/mol. The van der Waals surface area contributed by atoms with E-state index >= 15 is 0 Å². The average molecular weight is 372 g/mol. The molecule has 6 heteroatoms. The fraction of sp³-hybridized carbons (Fsp3) is 0.450. The Labute approximate surface area is 158 Å². The van der Waals surface area contributed by atoms with E-state index in [9.17, 15) is 9.59 Å². The topological polar surface area (TPSA) is 59.5 Å². The molecule has 1 aromatic carbocycles. The standard InChI is InChI=1S/C20H24N2O3S/c1-14-8-10-22(11-9-14)20(24)15(2)25-18(23)12-17-13-26-19(21-17)16-6-4-3-5-7-16/h3-7,13-15H,8-12H2,1-2H3. The lowest BCUT2D eigenvalue weighted by molar-refractivity contribution is -0.159.